The van der Waals surface area contributed by atoms with Crippen LogP contribution in [0.25, 0.3) is 11.2 Å². The lowest BCUT2D eigenvalue weighted by atomic mass is 10.2. The number of hydrogen-bond donors (Lipinski definition) is 4. The zero-order valence-corrected chi connectivity index (χ0v) is 13.9. The standard InChI is InChI=1S/C10H14N5O4PS2/c11-10-13-8-7(9(16)14-10)12-4-15(8)6-2-1-5(22-6)3-19-20(17,18)21/h4-6H,1-3H2,(H2,17,18,21)(H3,11,13,14,16)/t5-,6+/m0/s1. The van der Waals surface area contributed by atoms with Crippen LogP contribution >= 0.6 is 30.8 Å². The molecule has 0 bridgehead atoms. The van der Waals surface area contributed by atoms with E-state index in [9.17, 15) is 9.36 Å². The first-order valence-corrected chi connectivity index (χ1v) is 10.1. The van der Waals surface area contributed by atoms with Crippen molar-refractivity contribution in [1.29, 1.82) is 0 Å². The molecule has 1 aliphatic rings. The summed E-state index contributed by atoms with van der Waals surface area (Å²) in [7, 11) is 0. The van der Waals surface area contributed by atoms with Crippen LogP contribution in [0.2, 0.25) is 0 Å². The van der Waals surface area contributed by atoms with E-state index in [-0.39, 0.29) is 34.3 Å². The fourth-order valence-corrected chi connectivity index (χ4v) is 4.44. The number of aromatic amines is 1. The SMILES string of the molecule is Nc1nc2c(ncn2[C@H]2CC[C@@H](COP(=O)(O)S)S2)c(=O)[nH]1. The van der Waals surface area contributed by atoms with Crippen molar-refractivity contribution in [3.05, 3.63) is 16.7 Å². The van der Waals surface area contributed by atoms with Gasteiger partial charge in [0.2, 0.25) is 5.95 Å². The largest absolute Gasteiger partial charge is 0.383 e. The van der Waals surface area contributed by atoms with Gasteiger partial charge >= 0.3 is 6.80 Å². The molecule has 0 amide bonds. The zero-order valence-electron chi connectivity index (χ0n) is 11.2. The number of nitrogen functional groups attached to an aromatic ring is 1. The highest BCUT2D eigenvalue weighted by Crippen LogP contribution is 2.49. The van der Waals surface area contributed by atoms with Crippen molar-refractivity contribution in [2.45, 2.75) is 23.5 Å². The van der Waals surface area contributed by atoms with Crippen molar-refractivity contribution in [1.82, 2.24) is 19.5 Å². The van der Waals surface area contributed by atoms with Crippen LogP contribution in [0.4, 0.5) is 5.95 Å². The van der Waals surface area contributed by atoms with Crippen molar-refractivity contribution >= 4 is 47.9 Å². The molecule has 3 atom stereocenters. The van der Waals surface area contributed by atoms with Gasteiger partial charge in [-0.05, 0) is 12.8 Å². The maximum absolute atomic E-state index is 11.8. The molecule has 120 valence electrons. The zero-order chi connectivity index (χ0) is 15.9. The number of H-pyrrole nitrogens is 1. The Morgan fingerprint density at radius 1 is 1.64 bits per heavy atom. The molecule has 22 heavy (non-hydrogen) atoms. The molecule has 12 heteroatoms. The molecule has 0 spiro atoms. The number of fused-ring (bicyclic) bond motifs is 1. The lowest BCUT2D eigenvalue weighted by Crippen LogP contribution is -2.13. The van der Waals surface area contributed by atoms with Crippen LogP contribution in [0.3, 0.4) is 0 Å². The number of nitrogens with zero attached hydrogens (tertiary/aromatic N) is 3. The number of hydrogen-bond acceptors (Lipinski definition) is 7. The minimum atomic E-state index is -3.76. The molecule has 2 aromatic rings. The van der Waals surface area contributed by atoms with Gasteiger partial charge in [0.25, 0.3) is 5.56 Å². The van der Waals surface area contributed by atoms with Crippen LogP contribution in [0, 0.1) is 0 Å². The second-order valence-corrected chi connectivity index (χ2v) is 9.09. The molecule has 1 unspecified atom stereocenters. The average molecular weight is 363 g/mol. The van der Waals surface area contributed by atoms with Crippen LogP contribution in [-0.4, -0.2) is 36.3 Å². The van der Waals surface area contributed by atoms with E-state index in [1.54, 1.807) is 22.7 Å². The van der Waals surface area contributed by atoms with Gasteiger partial charge in [0.1, 0.15) is 0 Å². The Labute approximate surface area is 134 Å². The summed E-state index contributed by atoms with van der Waals surface area (Å²) in [5, 5.41) is 0.0831. The predicted octanol–water partition coefficient (Wildman–Crippen LogP) is 1.14. The van der Waals surface area contributed by atoms with Crippen LogP contribution in [0.15, 0.2) is 11.1 Å². The van der Waals surface area contributed by atoms with E-state index < -0.39 is 6.80 Å². The summed E-state index contributed by atoms with van der Waals surface area (Å²) in [4.78, 5) is 31.4. The Balaban J connectivity index is 1.79. The monoisotopic (exact) mass is 363 g/mol. The van der Waals surface area contributed by atoms with Gasteiger partial charge in [0.05, 0.1) is 18.3 Å². The van der Waals surface area contributed by atoms with Gasteiger partial charge in [-0.25, -0.2) is 9.55 Å². The molecule has 0 saturated carbocycles. The number of anilines is 1. The highest BCUT2D eigenvalue weighted by Gasteiger charge is 2.30. The minimum absolute atomic E-state index is 0.0188. The molecule has 0 aliphatic carbocycles. The van der Waals surface area contributed by atoms with E-state index in [4.69, 9.17) is 15.2 Å². The molecule has 0 aromatic carbocycles. The second kappa shape index (κ2) is 5.89. The normalized spacial score (nSPS) is 24.6. The highest BCUT2D eigenvalue weighted by molar-refractivity contribution is 8.44. The number of nitrogens with one attached hydrogen (secondary N) is 1. The Hall–Kier alpha value is -1.00. The molecule has 0 radical (unpaired) electrons. The summed E-state index contributed by atoms with van der Waals surface area (Å²) in [5.41, 5.74) is 5.87. The van der Waals surface area contributed by atoms with Crippen molar-refractivity contribution in [2.24, 2.45) is 0 Å². The fourth-order valence-electron chi connectivity index (χ4n) is 2.35. The molecule has 1 fully saturated rings. The van der Waals surface area contributed by atoms with E-state index in [1.807, 2.05) is 0 Å². The third kappa shape index (κ3) is 3.33. The summed E-state index contributed by atoms with van der Waals surface area (Å²) >= 11 is 5.06. The molecule has 9 nitrogen and oxygen atoms in total. The van der Waals surface area contributed by atoms with Crippen molar-refractivity contribution < 1.29 is 14.0 Å². The lowest BCUT2D eigenvalue weighted by molar-refractivity contribution is 0.275. The van der Waals surface area contributed by atoms with E-state index in [2.05, 4.69) is 27.2 Å². The first kappa shape index (κ1) is 15.9. The summed E-state index contributed by atoms with van der Waals surface area (Å²) < 4.78 is 17.7. The van der Waals surface area contributed by atoms with E-state index in [0.29, 0.717) is 5.65 Å². The summed E-state index contributed by atoms with van der Waals surface area (Å²) in [5.74, 6) is 0.0402. The maximum Gasteiger partial charge on any atom is 0.383 e. The fraction of sp³-hybridized carbons (Fsp3) is 0.500. The second-order valence-electron chi connectivity index (χ2n) is 4.85. The van der Waals surface area contributed by atoms with Crippen molar-refractivity contribution in [3.8, 4) is 0 Å². The van der Waals surface area contributed by atoms with Gasteiger partial charge in [-0.3, -0.25) is 14.3 Å². The number of nitrogens with two attached hydrogens (primary N) is 1. The lowest BCUT2D eigenvalue weighted by Gasteiger charge is -2.14. The quantitative estimate of drug-likeness (QED) is 0.469. The maximum atomic E-state index is 11.8. The molecule has 1 saturated heterocycles. The van der Waals surface area contributed by atoms with Gasteiger partial charge in [0, 0.05) is 5.25 Å². The first-order valence-electron chi connectivity index (χ1n) is 6.41. The molecular weight excluding hydrogens is 349 g/mol. The summed E-state index contributed by atoms with van der Waals surface area (Å²) in [6, 6.07) is 0. The third-order valence-corrected chi connectivity index (χ3v) is 5.64. The van der Waals surface area contributed by atoms with E-state index in [0.717, 1.165) is 12.8 Å². The smallest absolute Gasteiger partial charge is 0.369 e. The Bertz CT molecular complexity index is 802. The van der Waals surface area contributed by atoms with Gasteiger partial charge in [-0.1, -0.05) is 12.2 Å². The minimum Gasteiger partial charge on any atom is -0.369 e. The number of imidazole rings is 1. The van der Waals surface area contributed by atoms with Crippen LogP contribution in [0.5, 0.6) is 0 Å². The topological polar surface area (TPSA) is 136 Å². The molecule has 3 heterocycles. The van der Waals surface area contributed by atoms with Gasteiger partial charge in [0.15, 0.2) is 11.2 Å². The first-order chi connectivity index (χ1) is 10.3. The summed E-state index contributed by atoms with van der Waals surface area (Å²) in [6.07, 6.45) is 3.17. The Morgan fingerprint density at radius 2 is 2.41 bits per heavy atom. The molecular formula is C10H14N5O4PS2. The molecule has 1 aliphatic heterocycles. The van der Waals surface area contributed by atoms with Crippen molar-refractivity contribution in [2.75, 3.05) is 12.3 Å². The molecule has 4 N–H and O–H groups in total. The van der Waals surface area contributed by atoms with E-state index >= 15 is 0 Å². The van der Waals surface area contributed by atoms with Gasteiger partial charge in [-0.2, -0.15) is 4.98 Å². The number of aromatic nitrogens is 4. The highest BCUT2D eigenvalue weighted by atomic mass is 32.7. The average Bonchev–Trinajstić information content (AvgIpc) is 3.01. The number of rotatable bonds is 4. The van der Waals surface area contributed by atoms with Gasteiger partial charge in [-0.15, -0.1) is 11.8 Å². The van der Waals surface area contributed by atoms with Crippen LogP contribution in [0.1, 0.15) is 18.2 Å². The van der Waals surface area contributed by atoms with Gasteiger partial charge < -0.3 is 15.2 Å². The molecule has 3 rings (SSSR count). The Morgan fingerprint density at radius 3 is 3.14 bits per heavy atom. The van der Waals surface area contributed by atoms with Crippen LogP contribution in [-0.2, 0) is 9.09 Å². The Kier molecular flexibility index (Phi) is 4.25. The number of thiol groups is 1. The number of thioether (sulfide) groups is 1. The van der Waals surface area contributed by atoms with Crippen molar-refractivity contribution in [3.63, 3.8) is 0 Å². The van der Waals surface area contributed by atoms with E-state index in [1.165, 1.54) is 0 Å². The van der Waals surface area contributed by atoms with Crippen LogP contribution < -0.4 is 11.3 Å². The third-order valence-electron chi connectivity index (χ3n) is 3.27. The molecule has 2 aromatic heterocycles. The summed E-state index contributed by atoms with van der Waals surface area (Å²) in [6.45, 7) is -3.62. The predicted molar refractivity (Wildman–Crippen MR) is 87.0 cm³/mol.